The van der Waals surface area contributed by atoms with Crippen molar-refractivity contribution in [2.75, 3.05) is 5.32 Å². The summed E-state index contributed by atoms with van der Waals surface area (Å²) >= 11 is 0. The van der Waals surface area contributed by atoms with Crippen LogP contribution in [0.25, 0.3) is 0 Å². The van der Waals surface area contributed by atoms with E-state index in [0.717, 1.165) is 31.4 Å². The number of rotatable bonds is 2. The summed E-state index contributed by atoms with van der Waals surface area (Å²) in [5.74, 6) is 0.345. The average Bonchev–Trinajstić information content (AvgIpc) is 2.24. The van der Waals surface area contributed by atoms with E-state index in [0.29, 0.717) is 5.78 Å². The van der Waals surface area contributed by atoms with Gasteiger partial charge in [0.05, 0.1) is 5.54 Å². The van der Waals surface area contributed by atoms with Crippen molar-refractivity contribution >= 4 is 11.5 Å². The molecule has 1 aliphatic rings. The molecular formula is C13H17NO. The molecule has 1 aromatic carbocycles. The number of para-hydroxylation sites is 1. The first-order valence-electron chi connectivity index (χ1n) is 5.57. The van der Waals surface area contributed by atoms with Gasteiger partial charge in [0.25, 0.3) is 0 Å². The fourth-order valence-corrected chi connectivity index (χ4v) is 2.15. The van der Waals surface area contributed by atoms with Crippen LogP contribution in [0.5, 0.6) is 0 Å². The predicted octanol–water partition coefficient (Wildman–Crippen LogP) is 3.00. The zero-order chi connectivity index (χ0) is 10.7. The molecule has 1 N–H and O–H groups in total. The molecule has 0 bridgehead atoms. The second kappa shape index (κ2) is 4.05. The van der Waals surface area contributed by atoms with Gasteiger partial charge in [-0.3, -0.25) is 4.79 Å². The van der Waals surface area contributed by atoms with E-state index in [1.807, 2.05) is 37.3 Å². The lowest BCUT2D eigenvalue weighted by atomic mass is 9.82. The van der Waals surface area contributed by atoms with Crippen LogP contribution < -0.4 is 5.32 Å². The van der Waals surface area contributed by atoms with Crippen molar-refractivity contribution in [1.82, 2.24) is 0 Å². The Morgan fingerprint density at radius 2 is 1.93 bits per heavy atom. The third-order valence-corrected chi connectivity index (χ3v) is 3.14. The van der Waals surface area contributed by atoms with Crippen LogP contribution in [-0.4, -0.2) is 11.3 Å². The van der Waals surface area contributed by atoms with Crippen LogP contribution in [-0.2, 0) is 4.79 Å². The van der Waals surface area contributed by atoms with Crippen molar-refractivity contribution in [2.45, 2.75) is 38.1 Å². The molecule has 15 heavy (non-hydrogen) atoms. The van der Waals surface area contributed by atoms with Gasteiger partial charge in [-0.05, 0) is 31.9 Å². The number of ketones is 1. The molecule has 1 aromatic rings. The van der Waals surface area contributed by atoms with E-state index in [-0.39, 0.29) is 5.54 Å². The molecule has 2 rings (SSSR count). The highest BCUT2D eigenvalue weighted by atomic mass is 16.1. The number of carbonyl (C=O) groups excluding carboxylic acids is 1. The second-order valence-corrected chi connectivity index (χ2v) is 4.45. The van der Waals surface area contributed by atoms with Crippen LogP contribution in [0.15, 0.2) is 30.3 Å². The third-order valence-electron chi connectivity index (χ3n) is 3.14. The summed E-state index contributed by atoms with van der Waals surface area (Å²) in [5.41, 5.74) is 0.690. The summed E-state index contributed by atoms with van der Waals surface area (Å²) in [4.78, 5) is 11.9. The largest absolute Gasteiger partial charge is 0.373 e. The molecule has 1 aliphatic carbocycles. The Morgan fingerprint density at radius 3 is 2.60 bits per heavy atom. The number of benzene rings is 1. The molecule has 1 fully saturated rings. The Morgan fingerprint density at radius 1 is 1.20 bits per heavy atom. The zero-order valence-corrected chi connectivity index (χ0v) is 9.12. The van der Waals surface area contributed by atoms with Gasteiger partial charge < -0.3 is 5.32 Å². The molecule has 0 spiro atoms. The molecule has 2 nitrogen and oxygen atoms in total. The molecule has 2 heteroatoms. The number of hydrogen-bond acceptors (Lipinski definition) is 2. The Hall–Kier alpha value is -1.31. The average molecular weight is 203 g/mol. The minimum atomic E-state index is -0.348. The van der Waals surface area contributed by atoms with E-state index in [1.54, 1.807) is 0 Å². The number of Topliss-reactive ketones (excluding diaryl/α,β-unsaturated/α-hetero) is 1. The van der Waals surface area contributed by atoms with E-state index in [1.165, 1.54) is 0 Å². The maximum Gasteiger partial charge on any atom is 0.157 e. The highest BCUT2D eigenvalue weighted by molar-refractivity contribution is 5.91. The van der Waals surface area contributed by atoms with E-state index in [9.17, 15) is 4.79 Å². The Kier molecular flexibility index (Phi) is 2.76. The first-order chi connectivity index (χ1) is 7.21. The molecule has 1 atom stereocenters. The minimum Gasteiger partial charge on any atom is -0.373 e. The molecular weight excluding hydrogens is 186 g/mol. The van der Waals surface area contributed by atoms with Gasteiger partial charge in [0.2, 0.25) is 0 Å². The normalized spacial score (nSPS) is 26.3. The van der Waals surface area contributed by atoms with E-state index >= 15 is 0 Å². The number of nitrogens with one attached hydrogen (secondary N) is 1. The van der Waals surface area contributed by atoms with Gasteiger partial charge in [-0.25, -0.2) is 0 Å². The first-order valence-corrected chi connectivity index (χ1v) is 5.57. The van der Waals surface area contributed by atoms with Gasteiger partial charge in [0, 0.05) is 12.1 Å². The molecule has 0 aromatic heterocycles. The van der Waals surface area contributed by atoms with Crippen molar-refractivity contribution in [2.24, 2.45) is 0 Å². The van der Waals surface area contributed by atoms with Gasteiger partial charge >= 0.3 is 0 Å². The minimum absolute atomic E-state index is 0.345. The lowest BCUT2D eigenvalue weighted by Gasteiger charge is -2.33. The van der Waals surface area contributed by atoms with Crippen LogP contribution in [0.4, 0.5) is 5.69 Å². The summed E-state index contributed by atoms with van der Waals surface area (Å²) in [6.45, 7) is 2.02. The summed E-state index contributed by atoms with van der Waals surface area (Å²) < 4.78 is 0. The maximum atomic E-state index is 11.9. The molecule has 0 saturated heterocycles. The zero-order valence-electron chi connectivity index (χ0n) is 9.12. The van der Waals surface area contributed by atoms with Gasteiger partial charge in [-0.15, -0.1) is 0 Å². The predicted molar refractivity (Wildman–Crippen MR) is 61.9 cm³/mol. The quantitative estimate of drug-likeness (QED) is 0.800. The van der Waals surface area contributed by atoms with Crippen LogP contribution in [0.1, 0.15) is 32.6 Å². The van der Waals surface area contributed by atoms with Gasteiger partial charge in [-0.1, -0.05) is 24.6 Å². The maximum absolute atomic E-state index is 11.9. The molecule has 80 valence electrons. The highest BCUT2D eigenvalue weighted by Crippen LogP contribution is 2.28. The van der Waals surface area contributed by atoms with Gasteiger partial charge in [0.15, 0.2) is 5.78 Å². The summed E-state index contributed by atoms with van der Waals surface area (Å²) in [6.07, 6.45) is 3.85. The van der Waals surface area contributed by atoms with Crippen LogP contribution in [0.3, 0.4) is 0 Å². The molecule has 0 radical (unpaired) electrons. The summed E-state index contributed by atoms with van der Waals surface area (Å²) in [5, 5.41) is 3.36. The fraction of sp³-hybridized carbons (Fsp3) is 0.462. The van der Waals surface area contributed by atoms with E-state index in [2.05, 4.69) is 5.32 Å². The van der Waals surface area contributed by atoms with Crippen molar-refractivity contribution in [3.05, 3.63) is 30.3 Å². The summed E-state index contributed by atoms with van der Waals surface area (Å²) in [6, 6.07) is 9.97. The summed E-state index contributed by atoms with van der Waals surface area (Å²) in [7, 11) is 0. The van der Waals surface area contributed by atoms with Crippen molar-refractivity contribution in [1.29, 1.82) is 0 Å². The van der Waals surface area contributed by atoms with Crippen molar-refractivity contribution < 1.29 is 4.79 Å². The molecule has 0 heterocycles. The second-order valence-electron chi connectivity index (χ2n) is 4.45. The molecule has 0 amide bonds. The Balaban J connectivity index is 2.13. The third kappa shape index (κ3) is 2.20. The molecule has 1 unspecified atom stereocenters. The molecule has 1 saturated carbocycles. The SMILES string of the molecule is CC1(Nc2ccccc2)CCCCC1=O. The standard InChI is InChI=1S/C13H17NO/c1-13(10-6-5-9-12(13)15)14-11-7-3-2-4-8-11/h2-4,7-8,14H,5-6,9-10H2,1H3. The van der Waals surface area contributed by atoms with Crippen molar-refractivity contribution in [3.8, 4) is 0 Å². The monoisotopic (exact) mass is 203 g/mol. The van der Waals surface area contributed by atoms with Crippen LogP contribution >= 0.6 is 0 Å². The van der Waals surface area contributed by atoms with Crippen LogP contribution in [0.2, 0.25) is 0 Å². The fourth-order valence-electron chi connectivity index (χ4n) is 2.15. The topological polar surface area (TPSA) is 29.1 Å². The molecule has 0 aliphatic heterocycles. The first kappa shape index (κ1) is 10.2. The van der Waals surface area contributed by atoms with E-state index < -0.39 is 0 Å². The lowest BCUT2D eigenvalue weighted by Crippen LogP contribution is -2.45. The number of hydrogen-bond donors (Lipinski definition) is 1. The Labute approximate surface area is 90.7 Å². The Bertz CT molecular complexity index is 347. The number of anilines is 1. The lowest BCUT2D eigenvalue weighted by molar-refractivity contribution is -0.124. The van der Waals surface area contributed by atoms with Gasteiger partial charge in [0.1, 0.15) is 0 Å². The van der Waals surface area contributed by atoms with Crippen molar-refractivity contribution in [3.63, 3.8) is 0 Å². The number of carbonyl (C=O) groups is 1. The van der Waals surface area contributed by atoms with Gasteiger partial charge in [-0.2, -0.15) is 0 Å². The highest BCUT2D eigenvalue weighted by Gasteiger charge is 2.34. The van der Waals surface area contributed by atoms with E-state index in [4.69, 9.17) is 0 Å². The van der Waals surface area contributed by atoms with Crippen LogP contribution in [0, 0.1) is 0 Å². The smallest absolute Gasteiger partial charge is 0.157 e.